The van der Waals surface area contributed by atoms with Gasteiger partial charge < -0.3 is 20.0 Å². The van der Waals surface area contributed by atoms with E-state index in [1.165, 1.54) is 0 Å². The number of para-hydroxylation sites is 1. The number of aryl methyl sites for hydroxylation is 1. The summed E-state index contributed by atoms with van der Waals surface area (Å²) in [5, 5.41) is 2.98. The molecule has 0 spiro atoms. The Labute approximate surface area is 275 Å². The quantitative estimate of drug-likeness (QED) is 0.247. The monoisotopic (exact) mass is 629 g/mol. The lowest BCUT2D eigenvalue weighted by Crippen LogP contribution is -2.48. The van der Waals surface area contributed by atoms with Gasteiger partial charge in [-0.15, -0.1) is 0 Å². The van der Waals surface area contributed by atoms with Crippen LogP contribution in [-0.2, 0) is 9.63 Å². The zero-order valence-electron chi connectivity index (χ0n) is 26.7. The number of hydrogen-bond donors (Lipinski definition) is 2. The van der Waals surface area contributed by atoms with Crippen molar-refractivity contribution in [1.82, 2.24) is 15.3 Å². The summed E-state index contributed by atoms with van der Waals surface area (Å²) in [6.45, 7) is 5.50. The predicted octanol–water partition coefficient (Wildman–Crippen LogP) is 5.60. The van der Waals surface area contributed by atoms with Crippen LogP contribution < -0.4 is 15.7 Å². The van der Waals surface area contributed by atoms with Crippen LogP contribution in [0.2, 0.25) is 0 Å². The molecule has 3 amide bonds. The maximum absolute atomic E-state index is 13.8. The van der Waals surface area contributed by atoms with Gasteiger partial charge in [-0.3, -0.25) is 24.7 Å². The third-order valence-electron chi connectivity index (χ3n) is 8.59. The van der Waals surface area contributed by atoms with E-state index in [4.69, 9.17) is 4.84 Å². The number of carbonyl (C=O) groups is 3. The van der Waals surface area contributed by atoms with Crippen LogP contribution >= 0.6 is 0 Å². The SMILES string of the molecule is Cc1ccc(-c2ccccc2C(=O)Nc2ccc(C(=O)N3CCC=C(NOCC(=O)N4CCN(C)CC4)c4ccccc43)cc2)cc1. The Balaban J connectivity index is 1.11. The van der Waals surface area contributed by atoms with Crippen LogP contribution in [0.25, 0.3) is 16.8 Å². The van der Waals surface area contributed by atoms with Gasteiger partial charge in [0.05, 0.1) is 11.4 Å². The van der Waals surface area contributed by atoms with Gasteiger partial charge in [-0.1, -0.05) is 72.3 Å². The molecule has 2 heterocycles. The number of anilines is 2. The summed E-state index contributed by atoms with van der Waals surface area (Å²) in [5.41, 5.74) is 9.89. The molecule has 47 heavy (non-hydrogen) atoms. The number of likely N-dealkylation sites (N-methyl/N-ethyl adjacent to an activating group) is 1. The van der Waals surface area contributed by atoms with Crippen LogP contribution in [0, 0.1) is 6.92 Å². The highest BCUT2D eigenvalue weighted by atomic mass is 16.6. The molecule has 1 fully saturated rings. The fraction of sp³-hybridized carbons (Fsp3) is 0.237. The molecule has 0 radical (unpaired) electrons. The topological polar surface area (TPSA) is 94.2 Å². The van der Waals surface area contributed by atoms with Crippen molar-refractivity contribution in [2.45, 2.75) is 13.3 Å². The van der Waals surface area contributed by atoms with Crippen LogP contribution in [0.5, 0.6) is 0 Å². The maximum atomic E-state index is 13.8. The number of hydroxylamine groups is 1. The van der Waals surface area contributed by atoms with E-state index in [-0.39, 0.29) is 24.3 Å². The molecule has 240 valence electrons. The number of rotatable bonds is 8. The van der Waals surface area contributed by atoms with Gasteiger partial charge in [0.15, 0.2) is 6.61 Å². The first-order chi connectivity index (χ1) is 22.9. The molecule has 0 aliphatic carbocycles. The number of hydrogen-bond acceptors (Lipinski definition) is 6. The van der Waals surface area contributed by atoms with Crippen LogP contribution in [0.1, 0.15) is 38.3 Å². The van der Waals surface area contributed by atoms with Gasteiger partial charge in [-0.2, -0.15) is 0 Å². The zero-order valence-corrected chi connectivity index (χ0v) is 26.7. The summed E-state index contributed by atoms with van der Waals surface area (Å²) in [5.74, 6) is -0.430. The molecule has 0 saturated carbocycles. The Morgan fingerprint density at radius 1 is 0.766 bits per heavy atom. The number of fused-ring (bicyclic) bond motifs is 1. The molecule has 4 aromatic carbocycles. The summed E-state index contributed by atoms with van der Waals surface area (Å²) in [7, 11) is 2.05. The number of amides is 3. The summed E-state index contributed by atoms with van der Waals surface area (Å²) >= 11 is 0. The zero-order chi connectivity index (χ0) is 32.8. The van der Waals surface area contributed by atoms with Crippen molar-refractivity contribution in [3.8, 4) is 11.1 Å². The van der Waals surface area contributed by atoms with Crippen LogP contribution in [0.3, 0.4) is 0 Å². The third-order valence-corrected chi connectivity index (χ3v) is 8.59. The molecule has 9 heteroatoms. The number of nitrogens with one attached hydrogen (secondary N) is 2. The fourth-order valence-corrected chi connectivity index (χ4v) is 5.85. The Bertz CT molecular complexity index is 1780. The average Bonchev–Trinajstić information content (AvgIpc) is 3.28. The van der Waals surface area contributed by atoms with E-state index in [1.54, 1.807) is 29.2 Å². The fourth-order valence-electron chi connectivity index (χ4n) is 5.85. The second-order valence-corrected chi connectivity index (χ2v) is 11.9. The number of nitrogens with zero attached hydrogens (tertiary/aromatic N) is 3. The van der Waals surface area contributed by atoms with Crippen molar-refractivity contribution in [3.05, 3.63) is 125 Å². The van der Waals surface area contributed by atoms with Gasteiger partial charge in [0.25, 0.3) is 17.7 Å². The van der Waals surface area contributed by atoms with E-state index in [9.17, 15) is 14.4 Å². The summed E-state index contributed by atoms with van der Waals surface area (Å²) in [6, 6.07) is 30.2. The normalized spacial score (nSPS) is 14.9. The maximum Gasteiger partial charge on any atom is 0.258 e. The van der Waals surface area contributed by atoms with Crippen molar-refractivity contribution in [3.63, 3.8) is 0 Å². The van der Waals surface area contributed by atoms with Crippen LogP contribution in [-0.4, -0.2) is 73.9 Å². The highest BCUT2D eigenvalue weighted by Crippen LogP contribution is 2.31. The van der Waals surface area contributed by atoms with Gasteiger partial charge in [-0.05, 0) is 67.9 Å². The Kier molecular flexibility index (Phi) is 9.75. The largest absolute Gasteiger partial charge is 0.338 e. The highest BCUT2D eigenvalue weighted by molar-refractivity contribution is 6.10. The van der Waals surface area contributed by atoms with Crippen LogP contribution in [0.15, 0.2) is 103 Å². The Morgan fingerprint density at radius 2 is 1.45 bits per heavy atom. The van der Waals surface area contributed by atoms with Crippen molar-refractivity contribution < 1.29 is 19.2 Å². The molecule has 2 aliphatic heterocycles. The van der Waals surface area contributed by atoms with Gasteiger partial charge in [0.2, 0.25) is 0 Å². The van der Waals surface area contributed by atoms with Gasteiger partial charge >= 0.3 is 0 Å². The highest BCUT2D eigenvalue weighted by Gasteiger charge is 2.25. The summed E-state index contributed by atoms with van der Waals surface area (Å²) < 4.78 is 0. The molecule has 0 unspecified atom stereocenters. The first-order valence-corrected chi connectivity index (χ1v) is 15.9. The minimum absolute atomic E-state index is 0.0555. The van der Waals surface area contributed by atoms with E-state index < -0.39 is 0 Å². The molecule has 2 N–H and O–H groups in total. The van der Waals surface area contributed by atoms with Gasteiger partial charge in [-0.25, -0.2) is 0 Å². The van der Waals surface area contributed by atoms with Crippen molar-refractivity contribution in [2.75, 3.05) is 56.6 Å². The minimum atomic E-state index is -0.222. The average molecular weight is 630 g/mol. The molecule has 4 aromatic rings. The molecule has 0 bridgehead atoms. The van der Waals surface area contributed by atoms with Gasteiger partial charge in [0.1, 0.15) is 0 Å². The van der Waals surface area contributed by atoms with Gasteiger partial charge in [0, 0.05) is 55.1 Å². The summed E-state index contributed by atoms with van der Waals surface area (Å²) in [6.07, 6.45) is 2.58. The van der Waals surface area contributed by atoms with E-state index >= 15 is 0 Å². The standard InChI is InChI=1S/C38H39N5O4/c1-27-13-15-28(16-14-27)31-8-3-4-9-32(31)37(45)39-30-19-17-29(18-20-30)38(46)43-21-7-11-34(33-10-5-6-12-35(33)43)40-47-26-36(44)42-24-22-41(2)23-25-42/h3-6,8-20,40H,7,21-26H2,1-2H3,(H,39,45). The lowest BCUT2D eigenvalue weighted by molar-refractivity contribution is -0.139. The second-order valence-electron chi connectivity index (χ2n) is 11.9. The molecular formula is C38H39N5O4. The Morgan fingerprint density at radius 3 is 2.19 bits per heavy atom. The molecule has 9 nitrogen and oxygen atoms in total. The third kappa shape index (κ3) is 7.43. The molecule has 1 saturated heterocycles. The van der Waals surface area contributed by atoms with Crippen LogP contribution in [0.4, 0.5) is 11.4 Å². The molecule has 0 atom stereocenters. The van der Waals surface area contributed by atoms with E-state index in [1.807, 2.05) is 97.7 Å². The molecule has 2 aliphatic rings. The number of benzene rings is 4. The lowest BCUT2D eigenvalue weighted by atomic mass is 9.98. The van der Waals surface area contributed by atoms with E-state index in [0.717, 1.165) is 41.0 Å². The molecule has 0 aromatic heterocycles. The number of carbonyl (C=O) groups excluding carboxylic acids is 3. The predicted molar refractivity (Wildman–Crippen MR) is 185 cm³/mol. The smallest absolute Gasteiger partial charge is 0.258 e. The van der Waals surface area contributed by atoms with Crippen molar-refractivity contribution in [1.29, 1.82) is 0 Å². The number of piperazine rings is 1. The van der Waals surface area contributed by atoms with Crippen molar-refractivity contribution in [2.24, 2.45) is 0 Å². The first-order valence-electron chi connectivity index (χ1n) is 15.9. The van der Waals surface area contributed by atoms with E-state index in [2.05, 4.69) is 15.7 Å². The lowest BCUT2D eigenvalue weighted by Gasteiger charge is -2.32. The van der Waals surface area contributed by atoms with E-state index in [0.29, 0.717) is 48.6 Å². The second kappa shape index (κ2) is 14.5. The summed E-state index contributed by atoms with van der Waals surface area (Å²) in [4.78, 5) is 51.2. The Hall–Kier alpha value is -5.25. The minimum Gasteiger partial charge on any atom is -0.338 e. The molecular weight excluding hydrogens is 590 g/mol. The molecule has 6 rings (SSSR count). The van der Waals surface area contributed by atoms with Crippen molar-refractivity contribution >= 4 is 34.8 Å². The first kappa shape index (κ1) is 31.7.